The van der Waals surface area contributed by atoms with Crippen LogP contribution in [0.3, 0.4) is 0 Å². The Morgan fingerprint density at radius 3 is 2.48 bits per heavy atom. The van der Waals surface area contributed by atoms with Gasteiger partial charge in [-0.05, 0) is 36.2 Å². The molecule has 0 unspecified atom stereocenters. The fourth-order valence-electron chi connectivity index (χ4n) is 2.09. The second-order valence-electron chi connectivity index (χ2n) is 4.59. The quantitative estimate of drug-likeness (QED) is 0.763. The second kappa shape index (κ2) is 6.79. The number of rotatable bonds is 6. The maximum absolute atomic E-state index is 11.1. The maximum atomic E-state index is 11.1. The average molecular weight is 286 g/mol. The van der Waals surface area contributed by atoms with Crippen LogP contribution in [0.4, 0.5) is 0 Å². The lowest BCUT2D eigenvalue weighted by Crippen LogP contribution is -2.01. The molecule has 0 aromatic heterocycles. The van der Waals surface area contributed by atoms with Crippen molar-refractivity contribution < 1.29 is 19.0 Å². The van der Waals surface area contributed by atoms with Crippen LogP contribution in [-0.2, 0) is 6.61 Å². The largest absolute Gasteiger partial charge is 0.493 e. The Bertz CT molecular complexity index is 635. The van der Waals surface area contributed by atoms with Crippen molar-refractivity contribution >= 4 is 6.29 Å². The zero-order valence-electron chi connectivity index (χ0n) is 12.4. The second-order valence-corrected chi connectivity index (χ2v) is 4.59. The molecule has 2 rings (SSSR count). The smallest absolute Gasteiger partial charge is 0.161 e. The molecule has 0 amide bonds. The molecule has 0 N–H and O–H groups in total. The van der Waals surface area contributed by atoms with Gasteiger partial charge in [-0.3, -0.25) is 4.79 Å². The molecule has 0 radical (unpaired) electrons. The Hall–Kier alpha value is -2.49. The van der Waals surface area contributed by atoms with Crippen molar-refractivity contribution in [1.29, 1.82) is 0 Å². The van der Waals surface area contributed by atoms with E-state index in [4.69, 9.17) is 14.2 Å². The number of aldehydes is 1. The molecule has 0 aliphatic carbocycles. The van der Waals surface area contributed by atoms with Crippen molar-refractivity contribution in [1.82, 2.24) is 0 Å². The first-order chi connectivity index (χ1) is 10.2. The van der Waals surface area contributed by atoms with E-state index in [2.05, 4.69) is 0 Å². The highest BCUT2D eigenvalue weighted by molar-refractivity contribution is 5.80. The van der Waals surface area contributed by atoms with E-state index in [-0.39, 0.29) is 0 Å². The predicted molar refractivity (Wildman–Crippen MR) is 80.4 cm³/mol. The summed E-state index contributed by atoms with van der Waals surface area (Å²) in [6, 6.07) is 11.1. The van der Waals surface area contributed by atoms with Gasteiger partial charge in [-0.25, -0.2) is 0 Å². The highest BCUT2D eigenvalue weighted by atomic mass is 16.5. The van der Waals surface area contributed by atoms with Crippen molar-refractivity contribution in [3.8, 4) is 17.2 Å². The average Bonchev–Trinajstić information content (AvgIpc) is 2.53. The van der Waals surface area contributed by atoms with Crippen LogP contribution in [0, 0.1) is 6.92 Å². The van der Waals surface area contributed by atoms with Crippen LogP contribution in [0.5, 0.6) is 17.2 Å². The molecule has 0 atom stereocenters. The lowest BCUT2D eigenvalue weighted by Gasteiger charge is -2.13. The molecule has 0 aliphatic rings. The number of ether oxygens (including phenoxy) is 3. The molecular weight excluding hydrogens is 268 g/mol. The summed E-state index contributed by atoms with van der Waals surface area (Å²) in [6.45, 7) is 2.27. The van der Waals surface area contributed by atoms with Crippen LogP contribution in [0.1, 0.15) is 21.5 Å². The number of aryl methyl sites for hydroxylation is 1. The number of carbonyl (C=O) groups excluding carboxylic acids is 1. The van der Waals surface area contributed by atoms with Crippen LogP contribution >= 0.6 is 0 Å². The molecule has 0 spiro atoms. The minimum atomic E-state index is 0.353. The summed E-state index contributed by atoms with van der Waals surface area (Å²) < 4.78 is 16.2. The molecular formula is C17H18O4. The van der Waals surface area contributed by atoms with Gasteiger partial charge >= 0.3 is 0 Å². The topological polar surface area (TPSA) is 44.8 Å². The highest BCUT2D eigenvalue weighted by Crippen LogP contribution is 2.29. The minimum absolute atomic E-state index is 0.353. The van der Waals surface area contributed by atoms with Crippen LogP contribution in [0.25, 0.3) is 0 Å². The fourth-order valence-corrected chi connectivity index (χ4v) is 2.09. The summed E-state index contributed by atoms with van der Waals surface area (Å²) in [6.07, 6.45) is 0.803. The summed E-state index contributed by atoms with van der Waals surface area (Å²) in [7, 11) is 3.19. The molecule has 0 bridgehead atoms. The third-order valence-electron chi connectivity index (χ3n) is 3.20. The van der Waals surface area contributed by atoms with Crippen molar-refractivity contribution in [2.24, 2.45) is 0 Å². The number of hydrogen-bond donors (Lipinski definition) is 0. The Morgan fingerprint density at radius 1 is 1.05 bits per heavy atom. The third kappa shape index (κ3) is 3.34. The van der Waals surface area contributed by atoms with Gasteiger partial charge in [0.25, 0.3) is 0 Å². The summed E-state index contributed by atoms with van der Waals surface area (Å²) >= 11 is 0. The molecule has 0 saturated carbocycles. The maximum Gasteiger partial charge on any atom is 0.161 e. The number of carbonyl (C=O) groups is 1. The summed E-state index contributed by atoms with van der Waals surface area (Å²) in [4.78, 5) is 11.1. The van der Waals surface area contributed by atoms with E-state index >= 15 is 0 Å². The van der Waals surface area contributed by atoms with E-state index in [1.165, 1.54) is 0 Å². The monoisotopic (exact) mass is 286 g/mol. The van der Waals surface area contributed by atoms with Crippen molar-refractivity contribution in [3.63, 3.8) is 0 Å². The fraction of sp³-hybridized carbons (Fsp3) is 0.235. The normalized spacial score (nSPS) is 10.0. The SMILES string of the molecule is COc1ccc(COc2c(C)cccc2C=O)cc1OC. The van der Waals surface area contributed by atoms with Gasteiger partial charge in [-0.15, -0.1) is 0 Å². The highest BCUT2D eigenvalue weighted by Gasteiger charge is 2.08. The van der Waals surface area contributed by atoms with E-state index in [1.807, 2.05) is 37.3 Å². The zero-order chi connectivity index (χ0) is 15.2. The molecule has 21 heavy (non-hydrogen) atoms. The molecule has 0 saturated heterocycles. The van der Waals surface area contributed by atoms with Crippen molar-refractivity contribution in [2.75, 3.05) is 14.2 Å². The first-order valence-corrected chi connectivity index (χ1v) is 6.58. The van der Waals surface area contributed by atoms with Gasteiger partial charge in [0.2, 0.25) is 0 Å². The van der Waals surface area contributed by atoms with E-state index in [1.54, 1.807) is 20.3 Å². The minimum Gasteiger partial charge on any atom is -0.493 e. The van der Waals surface area contributed by atoms with Gasteiger partial charge in [0.05, 0.1) is 19.8 Å². The van der Waals surface area contributed by atoms with Crippen LogP contribution < -0.4 is 14.2 Å². The first kappa shape index (κ1) is 14.9. The number of methoxy groups -OCH3 is 2. The van der Waals surface area contributed by atoms with Crippen LogP contribution in [0.15, 0.2) is 36.4 Å². The molecule has 110 valence electrons. The number of para-hydroxylation sites is 1. The van der Waals surface area contributed by atoms with Gasteiger partial charge in [0.1, 0.15) is 12.4 Å². The molecule has 4 nitrogen and oxygen atoms in total. The Balaban J connectivity index is 2.19. The van der Waals surface area contributed by atoms with Gasteiger partial charge in [-0.1, -0.05) is 18.2 Å². The third-order valence-corrected chi connectivity index (χ3v) is 3.20. The molecule has 4 heteroatoms. The molecule has 2 aromatic carbocycles. The standard InChI is InChI=1S/C17H18O4/c1-12-5-4-6-14(10-18)17(12)21-11-13-7-8-15(19-2)16(9-13)20-3/h4-10H,11H2,1-3H3. The van der Waals surface area contributed by atoms with Gasteiger partial charge in [0.15, 0.2) is 17.8 Å². The Labute approximate surface area is 124 Å². The van der Waals surface area contributed by atoms with E-state index in [0.29, 0.717) is 29.4 Å². The number of hydrogen-bond acceptors (Lipinski definition) is 4. The van der Waals surface area contributed by atoms with Crippen LogP contribution in [-0.4, -0.2) is 20.5 Å². The van der Waals surface area contributed by atoms with Crippen molar-refractivity contribution in [3.05, 3.63) is 53.1 Å². The summed E-state index contributed by atoms with van der Waals surface area (Å²) in [5.74, 6) is 1.94. The first-order valence-electron chi connectivity index (χ1n) is 6.58. The lowest BCUT2D eigenvalue weighted by atomic mass is 10.1. The zero-order valence-corrected chi connectivity index (χ0v) is 12.4. The van der Waals surface area contributed by atoms with Crippen molar-refractivity contribution in [2.45, 2.75) is 13.5 Å². The van der Waals surface area contributed by atoms with E-state index in [9.17, 15) is 4.79 Å². The Kier molecular flexibility index (Phi) is 4.82. The van der Waals surface area contributed by atoms with E-state index in [0.717, 1.165) is 17.4 Å². The van der Waals surface area contributed by atoms with Gasteiger partial charge in [0, 0.05) is 0 Å². The Morgan fingerprint density at radius 2 is 1.81 bits per heavy atom. The summed E-state index contributed by atoms with van der Waals surface area (Å²) in [5.41, 5.74) is 2.42. The van der Waals surface area contributed by atoms with E-state index < -0.39 is 0 Å². The predicted octanol–water partition coefficient (Wildman–Crippen LogP) is 3.40. The molecule has 2 aromatic rings. The van der Waals surface area contributed by atoms with Gasteiger partial charge in [-0.2, -0.15) is 0 Å². The number of benzene rings is 2. The lowest BCUT2D eigenvalue weighted by molar-refractivity contribution is 0.111. The summed E-state index contributed by atoms with van der Waals surface area (Å²) in [5, 5.41) is 0. The molecule has 0 aliphatic heterocycles. The molecule has 0 fully saturated rings. The molecule has 0 heterocycles. The van der Waals surface area contributed by atoms with Gasteiger partial charge < -0.3 is 14.2 Å². The van der Waals surface area contributed by atoms with Crippen LogP contribution in [0.2, 0.25) is 0 Å².